The van der Waals surface area contributed by atoms with Crippen LogP contribution in [0.3, 0.4) is 0 Å². The van der Waals surface area contributed by atoms with Gasteiger partial charge in [-0.05, 0) is 29.8 Å². The Morgan fingerprint density at radius 2 is 1.87 bits per heavy atom. The summed E-state index contributed by atoms with van der Waals surface area (Å²) in [5.41, 5.74) is 0.770. The molecule has 8 heteroatoms. The number of rotatable bonds is 6. The molecule has 0 aliphatic heterocycles. The molecule has 7 nitrogen and oxygen atoms in total. The Labute approximate surface area is 135 Å². The molecule has 1 aromatic heterocycles. The molecule has 0 saturated carbocycles. The van der Waals surface area contributed by atoms with E-state index < -0.39 is 11.9 Å². The van der Waals surface area contributed by atoms with Crippen molar-refractivity contribution < 1.29 is 29.0 Å². The van der Waals surface area contributed by atoms with Gasteiger partial charge in [0, 0.05) is 4.88 Å². The maximum atomic E-state index is 11.3. The number of ether oxygens (including phenoxy) is 2. The molecule has 0 saturated heterocycles. The van der Waals surface area contributed by atoms with Gasteiger partial charge in [-0.15, -0.1) is 11.3 Å². The van der Waals surface area contributed by atoms with Gasteiger partial charge in [0.15, 0.2) is 11.5 Å². The molecule has 0 unspecified atom stereocenters. The van der Waals surface area contributed by atoms with E-state index in [0.717, 1.165) is 11.3 Å². The molecule has 0 radical (unpaired) electrons. The maximum absolute atomic E-state index is 11.3. The minimum atomic E-state index is -1.19. The number of carboxylic acid groups (broad SMARTS) is 1. The summed E-state index contributed by atoms with van der Waals surface area (Å²) in [7, 11) is 3.01. The van der Waals surface area contributed by atoms with Crippen molar-refractivity contribution in [3.8, 4) is 21.9 Å². The minimum Gasteiger partial charge on any atom is -0.493 e. The number of nitrogens with one attached hydrogen (secondary N) is 1. The Morgan fingerprint density at radius 3 is 2.43 bits per heavy atom. The van der Waals surface area contributed by atoms with Gasteiger partial charge in [-0.1, -0.05) is 0 Å². The van der Waals surface area contributed by atoms with Crippen LogP contribution in [0, 0.1) is 0 Å². The fourth-order valence-electron chi connectivity index (χ4n) is 1.94. The van der Waals surface area contributed by atoms with Crippen molar-refractivity contribution in [2.75, 3.05) is 19.5 Å². The van der Waals surface area contributed by atoms with Crippen LogP contribution in [0.15, 0.2) is 24.3 Å². The SMILES string of the molecule is COc1ccc(-c2cc(NC(=O)C=O)c(C(=O)O)s2)cc1OC. The highest BCUT2D eigenvalue weighted by Gasteiger charge is 2.18. The van der Waals surface area contributed by atoms with E-state index in [4.69, 9.17) is 9.47 Å². The third-order valence-electron chi connectivity index (χ3n) is 2.96. The number of carbonyl (C=O) groups is 3. The van der Waals surface area contributed by atoms with Crippen LogP contribution < -0.4 is 14.8 Å². The zero-order valence-corrected chi connectivity index (χ0v) is 13.1. The molecule has 0 fully saturated rings. The lowest BCUT2D eigenvalue weighted by atomic mass is 10.1. The first-order chi connectivity index (χ1) is 11.0. The molecule has 2 aromatic rings. The molecule has 0 atom stereocenters. The van der Waals surface area contributed by atoms with Gasteiger partial charge in [0.05, 0.1) is 19.9 Å². The summed E-state index contributed by atoms with van der Waals surface area (Å²) in [5.74, 6) is -1.07. The van der Waals surface area contributed by atoms with E-state index in [1.54, 1.807) is 18.2 Å². The zero-order valence-electron chi connectivity index (χ0n) is 12.3. The van der Waals surface area contributed by atoms with Gasteiger partial charge in [0.25, 0.3) is 5.91 Å². The molecule has 1 heterocycles. The standard InChI is InChI=1S/C15H13NO6S/c1-21-10-4-3-8(5-11(10)22-2)12-6-9(16-13(18)7-17)14(23-12)15(19)20/h3-7H,1-2H3,(H,16,18)(H,19,20). The molecule has 2 N–H and O–H groups in total. The topological polar surface area (TPSA) is 102 Å². The first-order valence-corrected chi connectivity index (χ1v) is 7.17. The molecular formula is C15H13NO6S. The monoisotopic (exact) mass is 335 g/mol. The molecule has 0 bridgehead atoms. The average Bonchev–Trinajstić information content (AvgIpc) is 2.98. The number of hydrogen-bond donors (Lipinski definition) is 2. The Morgan fingerprint density at radius 1 is 1.17 bits per heavy atom. The van der Waals surface area contributed by atoms with Gasteiger partial charge in [-0.25, -0.2) is 4.79 Å². The molecule has 120 valence electrons. The number of anilines is 1. The second-order valence-corrected chi connectivity index (χ2v) is 5.39. The predicted molar refractivity (Wildman–Crippen MR) is 84.5 cm³/mol. The predicted octanol–water partition coefficient (Wildman–Crippen LogP) is 2.27. The lowest BCUT2D eigenvalue weighted by molar-refractivity contribution is -0.127. The van der Waals surface area contributed by atoms with Crippen molar-refractivity contribution in [2.45, 2.75) is 0 Å². The largest absolute Gasteiger partial charge is 0.493 e. The summed E-state index contributed by atoms with van der Waals surface area (Å²) in [6.45, 7) is 0. The van der Waals surface area contributed by atoms with Crippen molar-refractivity contribution in [3.05, 3.63) is 29.1 Å². The second kappa shape index (κ2) is 6.93. The quantitative estimate of drug-likeness (QED) is 0.620. The Hall–Kier alpha value is -2.87. The highest BCUT2D eigenvalue weighted by atomic mass is 32.1. The summed E-state index contributed by atoms with van der Waals surface area (Å²) < 4.78 is 10.4. The number of carbonyl (C=O) groups excluding carboxylic acids is 2. The average molecular weight is 335 g/mol. The smallest absolute Gasteiger partial charge is 0.348 e. The summed E-state index contributed by atoms with van der Waals surface area (Å²) in [6.07, 6.45) is 0.0827. The van der Waals surface area contributed by atoms with E-state index in [0.29, 0.717) is 21.9 Å². The van der Waals surface area contributed by atoms with Crippen LogP contribution in [-0.2, 0) is 9.59 Å². The minimum absolute atomic E-state index is 0.0648. The van der Waals surface area contributed by atoms with Crippen LogP contribution >= 0.6 is 11.3 Å². The molecule has 0 spiro atoms. The number of aldehydes is 1. The van der Waals surface area contributed by atoms with Gasteiger partial charge in [-0.2, -0.15) is 0 Å². The van der Waals surface area contributed by atoms with Crippen molar-refractivity contribution in [1.82, 2.24) is 0 Å². The van der Waals surface area contributed by atoms with Crippen LogP contribution in [0.4, 0.5) is 5.69 Å². The zero-order chi connectivity index (χ0) is 17.0. The van der Waals surface area contributed by atoms with E-state index >= 15 is 0 Å². The Kier molecular flexibility index (Phi) is 4.97. The normalized spacial score (nSPS) is 10.0. The first kappa shape index (κ1) is 16.5. The van der Waals surface area contributed by atoms with Gasteiger partial charge in [0.2, 0.25) is 6.29 Å². The van der Waals surface area contributed by atoms with E-state index in [9.17, 15) is 19.5 Å². The van der Waals surface area contributed by atoms with Crippen LogP contribution in [0.25, 0.3) is 10.4 Å². The number of aromatic carboxylic acids is 1. The fourth-order valence-corrected chi connectivity index (χ4v) is 2.89. The number of benzene rings is 1. The summed E-state index contributed by atoms with van der Waals surface area (Å²) >= 11 is 0.979. The van der Waals surface area contributed by atoms with E-state index in [-0.39, 0.29) is 16.9 Å². The molecule has 0 aliphatic carbocycles. The first-order valence-electron chi connectivity index (χ1n) is 6.35. The molecule has 1 amide bonds. The highest BCUT2D eigenvalue weighted by Crippen LogP contribution is 2.38. The van der Waals surface area contributed by atoms with E-state index in [1.807, 2.05) is 0 Å². The molecule has 1 aromatic carbocycles. The van der Waals surface area contributed by atoms with Gasteiger partial charge >= 0.3 is 5.97 Å². The van der Waals surface area contributed by atoms with Crippen molar-refractivity contribution >= 4 is 35.2 Å². The lowest BCUT2D eigenvalue weighted by Crippen LogP contribution is -2.13. The van der Waals surface area contributed by atoms with Crippen molar-refractivity contribution in [2.24, 2.45) is 0 Å². The highest BCUT2D eigenvalue weighted by molar-refractivity contribution is 7.18. The van der Waals surface area contributed by atoms with Crippen LogP contribution in [-0.4, -0.2) is 37.5 Å². The third kappa shape index (κ3) is 3.49. The number of amides is 1. The second-order valence-electron chi connectivity index (χ2n) is 4.34. The van der Waals surface area contributed by atoms with Gasteiger partial charge in [-0.3, -0.25) is 9.59 Å². The van der Waals surface area contributed by atoms with Gasteiger partial charge < -0.3 is 19.9 Å². The lowest BCUT2D eigenvalue weighted by Gasteiger charge is -2.08. The van der Waals surface area contributed by atoms with Crippen molar-refractivity contribution in [1.29, 1.82) is 0 Å². The van der Waals surface area contributed by atoms with Crippen LogP contribution in [0.1, 0.15) is 9.67 Å². The number of thiophene rings is 1. The number of hydrogen-bond acceptors (Lipinski definition) is 6. The third-order valence-corrected chi connectivity index (χ3v) is 4.13. The summed E-state index contributed by atoms with van der Waals surface area (Å²) in [6, 6.07) is 6.63. The van der Waals surface area contributed by atoms with E-state index in [1.165, 1.54) is 20.3 Å². The Balaban J connectivity index is 2.47. The molecule has 2 rings (SSSR count). The molecule has 23 heavy (non-hydrogen) atoms. The van der Waals surface area contributed by atoms with E-state index in [2.05, 4.69) is 5.32 Å². The Bertz CT molecular complexity index is 767. The molecular weight excluding hydrogens is 322 g/mol. The fraction of sp³-hybridized carbons (Fsp3) is 0.133. The molecule has 0 aliphatic rings. The van der Waals surface area contributed by atoms with Crippen LogP contribution in [0.5, 0.6) is 11.5 Å². The number of carboxylic acids is 1. The summed E-state index contributed by atoms with van der Waals surface area (Å²) in [4.78, 5) is 33.4. The number of methoxy groups -OCH3 is 2. The van der Waals surface area contributed by atoms with Gasteiger partial charge in [0.1, 0.15) is 4.88 Å². The maximum Gasteiger partial charge on any atom is 0.348 e. The van der Waals surface area contributed by atoms with Crippen molar-refractivity contribution in [3.63, 3.8) is 0 Å². The summed E-state index contributed by atoms with van der Waals surface area (Å²) in [5, 5.41) is 11.5. The van der Waals surface area contributed by atoms with Crippen LogP contribution in [0.2, 0.25) is 0 Å².